The molecule has 1 aliphatic heterocycles. The summed E-state index contributed by atoms with van der Waals surface area (Å²) in [6, 6.07) is 0. The van der Waals surface area contributed by atoms with Crippen LogP contribution in [0.25, 0.3) is 0 Å². The molecule has 0 aromatic carbocycles. The summed E-state index contributed by atoms with van der Waals surface area (Å²) in [4.78, 5) is 10.5. The minimum Gasteiger partial charge on any atom is -0.296 e. The van der Waals surface area contributed by atoms with Crippen molar-refractivity contribution in [1.82, 2.24) is 14.9 Å². The molecule has 0 bridgehead atoms. The van der Waals surface area contributed by atoms with E-state index >= 15 is 0 Å². The summed E-state index contributed by atoms with van der Waals surface area (Å²) in [7, 11) is 0. The van der Waals surface area contributed by atoms with Crippen LogP contribution in [0.3, 0.4) is 0 Å². The van der Waals surface area contributed by atoms with Crippen molar-refractivity contribution >= 4 is 39.1 Å². The number of hydrogen-bond acceptors (Lipinski definition) is 3. The van der Waals surface area contributed by atoms with Gasteiger partial charge in [-0.15, -0.1) is 0 Å². The highest BCUT2D eigenvalue weighted by Gasteiger charge is 2.17. The zero-order valence-corrected chi connectivity index (χ0v) is 10.4. The van der Waals surface area contributed by atoms with Crippen LogP contribution in [0.15, 0.2) is 4.47 Å². The van der Waals surface area contributed by atoms with Crippen LogP contribution in [-0.4, -0.2) is 28.0 Å². The Balaban J connectivity index is 2.17. The molecule has 1 aliphatic rings. The topological polar surface area (TPSA) is 29.0 Å². The van der Waals surface area contributed by atoms with Crippen LogP contribution in [0, 0.1) is 0 Å². The molecular formula is C8H8BrCl2N3. The highest BCUT2D eigenvalue weighted by molar-refractivity contribution is 9.10. The third-order valence-corrected chi connectivity index (χ3v) is 3.89. The predicted octanol–water partition coefficient (Wildman–Crippen LogP) is 2.75. The smallest absolute Gasteiger partial charge is 0.148 e. The summed E-state index contributed by atoms with van der Waals surface area (Å²) in [6.07, 6.45) is 1.25. The Bertz CT molecular complexity index is 331. The Morgan fingerprint density at radius 1 is 1.21 bits per heavy atom. The maximum Gasteiger partial charge on any atom is 0.148 e. The van der Waals surface area contributed by atoms with Crippen molar-refractivity contribution in [1.29, 1.82) is 0 Å². The molecular weight excluding hydrogens is 289 g/mol. The van der Waals surface area contributed by atoms with E-state index in [9.17, 15) is 0 Å². The maximum atomic E-state index is 5.86. The van der Waals surface area contributed by atoms with Crippen LogP contribution in [0.5, 0.6) is 0 Å². The third-order valence-electron chi connectivity index (χ3n) is 2.13. The molecule has 0 amide bonds. The fourth-order valence-electron chi connectivity index (χ4n) is 1.25. The van der Waals surface area contributed by atoms with E-state index < -0.39 is 0 Å². The van der Waals surface area contributed by atoms with Gasteiger partial charge in [0.25, 0.3) is 0 Å². The summed E-state index contributed by atoms with van der Waals surface area (Å²) in [5, 5.41) is 0.751. The zero-order valence-electron chi connectivity index (χ0n) is 7.30. The van der Waals surface area contributed by atoms with Crippen molar-refractivity contribution in [3.63, 3.8) is 0 Å². The van der Waals surface area contributed by atoms with Gasteiger partial charge in [0.2, 0.25) is 0 Å². The van der Waals surface area contributed by atoms with Gasteiger partial charge in [0, 0.05) is 0 Å². The van der Waals surface area contributed by atoms with Crippen LogP contribution >= 0.6 is 39.1 Å². The number of nitrogens with zero attached hydrogens (tertiary/aromatic N) is 3. The van der Waals surface area contributed by atoms with Gasteiger partial charge in [-0.2, -0.15) is 0 Å². The summed E-state index contributed by atoms with van der Waals surface area (Å²) in [5.41, 5.74) is 0. The summed E-state index contributed by atoms with van der Waals surface area (Å²) in [6.45, 7) is 2.94. The van der Waals surface area contributed by atoms with Crippen LogP contribution < -0.4 is 0 Å². The number of likely N-dealkylation sites (tertiary alicyclic amines) is 1. The SMILES string of the molecule is Clc1nc(CN2CCC2)nc(Cl)c1Br. The highest BCUT2D eigenvalue weighted by Crippen LogP contribution is 2.27. The average molecular weight is 297 g/mol. The molecule has 0 radical (unpaired) electrons. The number of rotatable bonds is 2. The molecule has 6 heteroatoms. The Morgan fingerprint density at radius 3 is 2.21 bits per heavy atom. The van der Waals surface area contributed by atoms with Gasteiger partial charge in [0.1, 0.15) is 16.1 Å². The Kier molecular flexibility index (Phi) is 3.27. The van der Waals surface area contributed by atoms with Crippen molar-refractivity contribution in [2.24, 2.45) is 0 Å². The van der Waals surface area contributed by atoms with Gasteiger partial charge >= 0.3 is 0 Å². The standard InChI is InChI=1S/C8H8BrCl2N3/c9-6-7(10)12-5(13-8(6)11)4-14-2-1-3-14/h1-4H2. The quantitative estimate of drug-likeness (QED) is 0.786. The van der Waals surface area contributed by atoms with Gasteiger partial charge in [-0.1, -0.05) is 23.2 Å². The van der Waals surface area contributed by atoms with E-state index in [0.717, 1.165) is 19.6 Å². The Labute approximate surface area is 101 Å². The molecule has 0 atom stereocenters. The molecule has 0 spiro atoms. The van der Waals surface area contributed by atoms with Crippen molar-refractivity contribution in [2.45, 2.75) is 13.0 Å². The summed E-state index contributed by atoms with van der Waals surface area (Å²) in [5.74, 6) is 0.683. The minimum absolute atomic E-state index is 0.375. The van der Waals surface area contributed by atoms with E-state index in [2.05, 4.69) is 30.8 Å². The Hall–Kier alpha value is 0.1000. The number of hydrogen-bond donors (Lipinski definition) is 0. The van der Waals surface area contributed by atoms with E-state index in [1.807, 2.05) is 0 Å². The molecule has 14 heavy (non-hydrogen) atoms. The first kappa shape index (κ1) is 10.6. The van der Waals surface area contributed by atoms with Crippen LogP contribution in [0.2, 0.25) is 10.3 Å². The third kappa shape index (κ3) is 2.19. The molecule has 0 saturated carbocycles. The summed E-state index contributed by atoms with van der Waals surface area (Å²) >= 11 is 14.9. The van der Waals surface area contributed by atoms with Gasteiger partial charge in [-0.25, -0.2) is 9.97 Å². The van der Waals surface area contributed by atoms with Gasteiger partial charge in [-0.05, 0) is 35.4 Å². The highest BCUT2D eigenvalue weighted by atomic mass is 79.9. The molecule has 1 fully saturated rings. The lowest BCUT2D eigenvalue weighted by atomic mass is 10.2. The maximum absolute atomic E-state index is 5.86. The molecule has 0 unspecified atom stereocenters. The Morgan fingerprint density at radius 2 is 1.79 bits per heavy atom. The summed E-state index contributed by atoms with van der Waals surface area (Å²) < 4.78 is 0.563. The second kappa shape index (κ2) is 4.31. The first-order chi connectivity index (χ1) is 6.66. The van der Waals surface area contributed by atoms with Crippen molar-refractivity contribution in [2.75, 3.05) is 13.1 Å². The van der Waals surface area contributed by atoms with Crippen LogP contribution in [-0.2, 0) is 6.54 Å². The van der Waals surface area contributed by atoms with Crippen LogP contribution in [0.4, 0.5) is 0 Å². The molecule has 2 rings (SSSR count). The van der Waals surface area contributed by atoms with Crippen molar-refractivity contribution in [3.05, 3.63) is 20.6 Å². The monoisotopic (exact) mass is 295 g/mol. The van der Waals surface area contributed by atoms with Crippen molar-refractivity contribution in [3.8, 4) is 0 Å². The molecule has 1 aromatic heterocycles. The predicted molar refractivity (Wildman–Crippen MR) is 59.6 cm³/mol. The molecule has 0 aliphatic carbocycles. The molecule has 2 heterocycles. The van der Waals surface area contributed by atoms with E-state index in [-0.39, 0.29) is 0 Å². The number of halogens is 3. The van der Waals surface area contributed by atoms with Crippen molar-refractivity contribution < 1.29 is 0 Å². The second-order valence-electron chi connectivity index (χ2n) is 3.17. The first-order valence-electron chi connectivity index (χ1n) is 4.26. The molecule has 0 N–H and O–H groups in total. The van der Waals surface area contributed by atoms with E-state index in [1.165, 1.54) is 6.42 Å². The van der Waals surface area contributed by atoms with E-state index in [0.29, 0.717) is 20.6 Å². The fraction of sp³-hybridized carbons (Fsp3) is 0.500. The molecule has 1 aromatic rings. The average Bonchev–Trinajstić information content (AvgIpc) is 2.07. The molecule has 3 nitrogen and oxygen atoms in total. The lowest BCUT2D eigenvalue weighted by Crippen LogP contribution is -2.36. The normalized spacial score (nSPS) is 16.8. The lowest BCUT2D eigenvalue weighted by molar-refractivity contribution is 0.168. The largest absolute Gasteiger partial charge is 0.296 e. The van der Waals surface area contributed by atoms with E-state index in [1.54, 1.807) is 0 Å². The molecule has 1 saturated heterocycles. The van der Waals surface area contributed by atoms with Gasteiger partial charge < -0.3 is 0 Å². The van der Waals surface area contributed by atoms with Gasteiger partial charge in [-0.3, -0.25) is 4.90 Å². The van der Waals surface area contributed by atoms with E-state index in [4.69, 9.17) is 23.2 Å². The van der Waals surface area contributed by atoms with Gasteiger partial charge in [0.05, 0.1) is 11.0 Å². The zero-order chi connectivity index (χ0) is 10.1. The minimum atomic E-state index is 0.375. The molecule has 76 valence electrons. The second-order valence-corrected chi connectivity index (χ2v) is 4.67. The lowest BCUT2D eigenvalue weighted by Gasteiger charge is -2.29. The fourth-order valence-corrected chi connectivity index (χ4v) is 1.85. The van der Waals surface area contributed by atoms with Gasteiger partial charge in [0.15, 0.2) is 0 Å². The number of aromatic nitrogens is 2. The van der Waals surface area contributed by atoms with Crippen LogP contribution in [0.1, 0.15) is 12.2 Å². The first-order valence-corrected chi connectivity index (χ1v) is 5.81.